The smallest absolute Gasteiger partial charge is 0.242 e. The Hall–Kier alpha value is -3.30. The Balaban J connectivity index is 1.66. The van der Waals surface area contributed by atoms with E-state index in [1.54, 1.807) is 21.6 Å². The first-order valence-corrected chi connectivity index (χ1v) is 15.3. The van der Waals surface area contributed by atoms with E-state index in [1.807, 2.05) is 60.1 Å². The number of thioether (sulfide) groups is 1. The Labute approximate surface area is 250 Å². The van der Waals surface area contributed by atoms with E-state index in [9.17, 15) is 14.4 Å². The number of benzene rings is 2. The summed E-state index contributed by atoms with van der Waals surface area (Å²) in [4.78, 5) is 44.6. The van der Waals surface area contributed by atoms with Crippen LogP contribution >= 0.6 is 23.4 Å². The van der Waals surface area contributed by atoms with Crippen LogP contribution in [0.1, 0.15) is 55.3 Å². The second-order valence-electron chi connectivity index (χ2n) is 11.6. The van der Waals surface area contributed by atoms with E-state index in [0.29, 0.717) is 37.0 Å². The fourth-order valence-corrected chi connectivity index (χ4v) is 6.87. The van der Waals surface area contributed by atoms with Crippen LogP contribution in [0.5, 0.6) is 0 Å². The third kappa shape index (κ3) is 5.88. The number of para-hydroxylation sites is 1. The highest BCUT2D eigenvalue weighted by Crippen LogP contribution is 2.48. The van der Waals surface area contributed by atoms with Gasteiger partial charge in [0.25, 0.3) is 0 Å². The third-order valence-corrected chi connectivity index (χ3v) is 9.16. The van der Waals surface area contributed by atoms with Crippen LogP contribution in [0.25, 0.3) is 5.69 Å². The Bertz CT molecular complexity index is 1490. The SMILES string of the molecule is CC(=O)N1CCN(C(=O)CN2C(=O)CSC(c3cccc(Cl)c3)c3c(C(C)(C)C)nn(-c4ccccc4C)c32)CC1. The predicted octanol–water partition coefficient (Wildman–Crippen LogP) is 4.99. The minimum absolute atomic E-state index is 0.00496. The van der Waals surface area contributed by atoms with Gasteiger partial charge in [-0.2, -0.15) is 5.10 Å². The lowest BCUT2D eigenvalue weighted by Gasteiger charge is -2.35. The normalized spacial score (nSPS) is 17.9. The van der Waals surface area contributed by atoms with Crippen molar-refractivity contribution in [2.75, 3.05) is 43.4 Å². The van der Waals surface area contributed by atoms with Crippen LogP contribution in [0.4, 0.5) is 5.82 Å². The number of halogens is 1. The lowest BCUT2D eigenvalue weighted by Crippen LogP contribution is -2.53. The quantitative estimate of drug-likeness (QED) is 0.426. The Morgan fingerprint density at radius 2 is 1.71 bits per heavy atom. The first-order chi connectivity index (χ1) is 19.5. The van der Waals surface area contributed by atoms with Crippen LogP contribution in [-0.2, 0) is 19.8 Å². The molecule has 0 saturated carbocycles. The molecule has 8 nitrogen and oxygen atoms in total. The molecule has 5 rings (SSSR count). The van der Waals surface area contributed by atoms with Crippen molar-refractivity contribution in [1.29, 1.82) is 0 Å². The largest absolute Gasteiger partial charge is 0.339 e. The van der Waals surface area contributed by atoms with Crippen LogP contribution in [0, 0.1) is 6.92 Å². The lowest BCUT2D eigenvalue weighted by molar-refractivity contribution is -0.137. The second kappa shape index (κ2) is 11.5. The summed E-state index contributed by atoms with van der Waals surface area (Å²) in [6.07, 6.45) is 0. The van der Waals surface area contributed by atoms with Gasteiger partial charge < -0.3 is 9.80 Å². The van der Waals surface area contributed by atoms with Gasteiger partial charge in [-0.3, -0.25) is 19.3 Å². The number of anilines is 1. The van der Waals surface area contributed by atoms with Crippen molar-refractivity contribution in [3.63, 3.8) is 0 Å². The summed E-state index contributed by atoms with van der Waals surface area (Å²) in [5, 5.41) is 5.59. The van der Waals surface area contributed by atoms with E-state index >= 15 is 0 Å². The van der Waals surface area contributed by atoms with Crippen molar-refractivity contribution in [3.8, 4) is 5.69 Å². The molecule has 1 unspecified atom stereocenters. The number of hydrogen-bond donors (Lipinski definition) is 0. The number of piperazine rings is 1. The zero-order chi connectivity index (χ0) is 29.5. The summed E-state index contributed by atoms with van der Waals surface area (Å²) in [6, 6.07) is 15.7. The molecule has 1 saturated heterocycles. The second-order valence-corrected chi connectivity index (χ2v) is 13.2. The van der Waals surface area contributed by atoms with Crippen LogP contribution in [0.15, 0.2) is 48.5 Å². The highest BCUT2D eigenvalue weighted by molar-refractivity contribution is 8.00. The van der Waals surface area contributed by atoms with Gasteiger partial charge in [0.2, 0.25) is 17.7 Å². The number of aromatic nitrogens is 2. The molecule has 216 valence electrons. The molecular formula is C31H36ClN5O3S. The van der Waals surface area contributed by atoms with Crippen molar-refractivity contribution in [2.45, 2.75) is 45.3 Å². The summed E-state index contributed by atoms with van der Waals surface area (Å²) in [5.41, 5.74) is 4.30. The van der Waals surface area contributed by atoms with Gasteiger partial charge >= 0.3 is 0 Å². The maximum absolute atomic E-state index is 13.9. The van der Waals surface area contributed by atoms with Crippen LogP contribution in [0.2, 0.25) is 5.02 Å². The Kier molecular flexibility index (Phi) is 8.21. The molecule has 0 spiro atoms. The number of nitrogens with zero attached hydrogens (tertiary/aromatic N) is 5. The fraction of sp³-hybridized carbons (Fsp3) is 0.419. The summed E-state index contributed by atoms with van der Waals surface area (Å²) < 4.78 is 1.85. The van der Waals surface area contributed by atoms with Crippen LogP contribution < -0.4 is 4.90 Å². The molecule has 3 heterocycles. The van der Waals surface area contributed by atoms with Gasteiger partial charge in [-0.15, -0.1) is 11.8 Å². The maximum Gasteiger partial charge on any atom is 0.242 e. The van der Waals surface area contributed by atoms with Gasteiger partial charge in [0.1, 0.15) is 12.4 Å². The molecule has 1 fully saturated rings. The molecule has 3 aromatic rings. The molecule has 0 radical (unpaired) electrons. The zero-order valence-corrected chi connectivity index (χ0v) is 25.8. The molecule has 2 aromatic carbocycles. The maximum atomic E-state index is 13.9. The van der Waals surface area contributed by atoms with Gasteiger partial charge in [-0.05, 0) is 36.2 Å². The van der Waals surface area contributed by atoms with Gasteiger partial charge in [0, 0.05) is 49.1 Å². The highest BCUT2D eigenvalue weighted by Gasteiger charge is 2.40. The molecule has 3 amide bonds. The fourth-order valence-electron chi connectivity index (χ4n) is 5.48. The number of carbonyl (C=O) groups is 3. The van der Waals surface area contributed by atoms with E-state index in [4.69, 9.17) is 16.7 Å². The van der Waals surface area contributed by atoms with E-state index in [0.717, 1.165) is 28.1 Å². The average molecular weight is 594 g/mol. The first kappa shape index (κ1) is 29.2. The van der Waals surface area contributed by atoms with Gasteiger partial charge in [0.05, 0.1) is 22.4 Å². The summed E-state index contributed by atoms with van der Waals surface area (Å²) in [7, 11) is 0. The van der Waals surface area contributed by atoms with Gasteiger partial charge in [-0.1, -0.05) is 62.7 Å². The van der Waals surface area contributed by atoms with E-state index < -0.39 is 0 Å². The van der Waals surface area contributed by atoms with Crippen LogP contribution in [-0.4, -0.2) is 75.8 Å². The number of fused-ring (bicyclic) bond motifs is 1. The predicted molar refractivity (Wildman–Crippen MR) is 164 cm³/mol. The van der Waals surface area contributed by atoms with Crippen molar-refractivity contribution >= 4 is 46.9 Å². The number of amides is 3. The van der Waals surface area contributed by atoms with E-state index in [2.05, 4.69) is 20.8 Å². The van der Waals surface area contributed by atoms with Crippen molar-refractivity contribution in [3.05, 3.63) is 75.9 Å². The molecule has 0 aliphatic carbocycles. The van der Waals surface area contributed by atoms with Crippen molar-refractivity contribution in [1.82, 2.24) is 19.6 Å². The summed E-state index contributed by atoms with van der Waals surface area (Å²) in [5.74, 6) is 0.541. The minimum Gasteiger partial charge on any atom is -0.339 e. The lowest BCUT2D eigenvalue weighted by atomic mass is 9.87. The van der Waals surface area contributed by atoms with Crippen molar-refractivity contribution in [2.24, 2.45) is 0 Å². The molecule has 1 atom stereocenters. The van der Waals surface area contributed by atoms with E-state index in [-0.39, 0.29) is 40.7 Å². The minimum atomic E-state index is -0.346. The Morgan fingerprint density at radius 1 is 1.02 bits per heavy atom. The van der Waals surface area contributed by atoms with Gasteiger partial charge in [0.15, 0.2) is 0 Å². The topological polar surface area (TPSA) is 78.8 Å². The molecule has 0 N–H and O–H groups in total. The molecular weight excluding hydrogens is 558 g/mol. The molecule has 41 heavy (non-hydrogen) atoms. The molecule has 0 bridgehead atoms. The molecule has 10 heteroatoms. The number of hydrogen-bond acceptors (Lipinski definition) is 5. The zero-order valence-electron chi connectivity index (χ0n) is 24.2. The molecule has 2 aliphatic rings. The summed E-state index contributed by atoms with van der Waals surface area (Å²) >= 11 is 7.98. The van der Waals surface area contributed by atoms with Gasteiger partial charge in [-0.25, -0.2) is 4.68 Å². The number of carbonyl (C=O) groups excluding carboxylic acids is 3. The molecule has 1 aromatic heterocycles. The highest BCUT2D eigenvalue weighted by atomic mass is 35.5. The van der Waals surface area contributed by atoms with Crippen molar-refractivity contribution < 1.29 is 14.4 Å². The number of rotatable bonds is 4. The molecule has 2 aliphatic heterocycles. The average Bonchev–Trinajstić information content (AvgIpc) is 3.26. The first-order valence-electron chi connectivity index (χ1n) is 13.9. The number of aryl methyl sites for hydroxylation is 1. The monoisotopic (exact) mass is 593 g/mol. The van der Waals surface area contributed by atoms with E-state index in [1.165, 1.54) is 11.8 Å². The van der Waals surface area contributed by atoms with Crippen LogP contribution in [0.3, 0.4) is 0 Å². The standard InChI is InChI=1S/C31H36ClN5O3S/c1-20-9-6-7-12-24(20)37-30-27(29(33-37)31(3,4)5)28(22-10-8-11-23(32)17-22)41-19-26(40)36(30)18-25(39)35-15-13-34(14-16-35)21(2)38/h6-12,17,28H,13-16,18-19H2,1-5H3. The third-order valence-electron chi connectivity index (χ3n) is 7.67. The Morgan fingerprint density at radius 3 is 2.34 bits per heavy atom. The summed E-state index contributed by atoms with van der Waals surface area (Å²) in [6.45, 7) is 11.7.